The van der Waals surface area contributed by atoms with Gasteiger partial charge in [0, 0.05) is 48.9 Å². The molecule has 2 aliphatic rings. The highest BCUT2D eigenvalue weighted by Gasteiger charge is 2.36. The van der Waals surface area contributed by atoms with Gasteiger partial charge in [0.1, 0.15) is 17.3 Å². The number of allylic oxidation sites excluding steroid dienone is 1. The molecule has 2 aromatic heterocycles. The maximum Gasteiger partial charge on any atom is 0.272 e. The number of pyridine rings is 2. The molecule has 1 aromatic carbocycles. The van der Waals surface area contributed by atoms with Crippen molar-refractivity contribution >= 4 is 51.5 Å². The fourth-order valence-electron chi connectivity index (χ4n) is 6.17. The van der Waals surface area contributed by atoms with E-state index in [9.17, 15) is 33.1 Å². The first kappa shape index (κ1) is 33.0. The van der Waals surface area contributed by atoms with Gasteiger partial charge >= 0.3 is 0 Å². The largest absolute Gasteiger partial charge is 0.504 e. The maximum atomic E-state index is 14.7. The van der Waals surface area contributed by atoms with Gasteiger partial charge in [-0.1, -0.05) is 56.6 Å². The van der Waals surface area contributed by atoms with Crippen molar-refractivity contribution in [2.24, 2.45) is 16.8 Å². The van der Waals surface area contributed by atoms with Gasteiger partial charge in [0.05, 0.1) is 33.0 Å². The Labute approximate surface area is 272 Å². The van der Waals surface area contributed by atoms with Crippen molar-refractivity contribution in [1.82, 2.24) is 14.5 Å². The number of carbonyl (C=O) groups excluding carboxylic acids is 1. The molecule has 240 valence electrons. The molecule has 14 heteroatoms. The molecule has 3 atom stereocenters. The number of carbonyl (C=O) groups is 1. The molecule has 4 heterocycles. The number of nitrogens with zero attached hydrogens (tertiary/aromatic N) is 6. The molecule has 9 nitrogen and oxygen atoms in total. The van der Waals surface area contributed by atoms with Crippen LogP contribution in [0.15, 0.2) is 40.8 Å². The summed E-state index contributed by atoms with van der Waals surface area (Å²) in [7, 11) is 0. The van der Waals surface area contributed by atoms with Crippen LogP contribution in [0.2, 0.25) is 10.0 Å². The third-order valence-electron chi connectivity index (χ3n) is 8.39. The minimum Gasteiger partial charge on any atom is -0.504 e. The number of piperazine rings is 1. The zero-order valence-electron chi connectivity index (χ0n) is 25.3. The third-order valence-corrected chi connectivity index (χ3v) is 9.03. The van der Waals surface area contributed by atoms with E-state index < -0.39 is 51.1 Å². The van der Waals surface area contributed by atoms with Crippen LogP contribution in [0.1, 0.15) is 39.3 Å². The number of aromatic nitrogens is 2. The molecule has 1 N–H and O–H groups in total. The summed E-state index contributed by atoms with van der Waals surface area (Å²) in [6.45, 7) is 11.7. The van der Waals surface area contributed by atoms with E-state index in [2.05, 4.69) is 22.6 Å². The van der Waals surface area contributed by atoms with Gasteiger partial charge in [-0.15, -0.1) is 0 Å². The second-order valence-electron chi connectivity index (χ2n) is 11.6. The minimum absolute atomic E-state index is 0.0447. The van der Waals surface area contributed by atoms with Gasteiger partial charge in [0.15, 0.2) is 17.4 Å². The zero-order valence-corrected chi connectivity index (χ0v) is 26.8. The molecular weight excluding hydrogens is 644 g/mol. The van der Waals surface area contributed by atoms with Crippen molar-refractivity contribution in [3.8, 4) is 23.1 Å². The van der Waals surface area contributed by atoms with Crippen LogP contribution in [0.4, 0.5) is 18.9 Å². The van der Waals surface area contributed by atoms with Crippen LogP contribution in [0.5, 0.6) is 5.75 Å². The van der Waals surface area contributed by atoms with Crippen molar-refractivity contribution in [3.63, 3.8) is 0 Å². The Morgan fingerprint density at radius 1 is 1.20 bits per heavy atom. The number of benzene rings is 1. The maximum absolute atomic E-state index is 14.7. The fraction of sp³-hybridized carbons (Fsp3) is 0.344. The van der Waals surface area contributed by atoms with Gasteiger partial charge in [-0.3, -0.25) is 19.1 Å². The Balaban J connectivity index is 1.89. The summed E-state index contributed by atoms with van der Waals surface area (Å²) in [6.07, 6.45) is 4.63. The van der Waals surface area contributed by atoms with Gasteiger partial charge in [0.25, 0.3) is 5.56 Å². The molecule has 5 rings (SSSR count). The van der Waals surface area contributed by atoms with Crippen LogP contribution in [0.3, 0.4) is 0 Å². The average molecular weight is 674 g/mol. The number of anilines is 1. The summed E-state index contributed by atoms with van der Waals surface area (Å²) >= 11 is 12.8. The summed E-state index contributed by atoms with van der Waals surface area (Å²) in [5, 5.41) is 20.0. The van der Waals surface area contributed by atoms with E-state index in [0.717, 1.165) is 0 Å². The van der Waals surface area contributed by atoms with Crippen molar-refractivity contribution in [2.75, 3.05) is 24.5 Å². The second-order valence-corrected chi connectivity index (χ2v) is 12.4. The van der Waals surface area contributed by atoms with Crippen molar-refractivity contribution in [3.05, 3.63) is 74.4 Å². The Kier molecular flexibility index (Phi) is 8.94. The highest BCUT2D eigenvalue weighted by atomic mass is 35.5. The van der Waals surface area contributed by atoms with E-state index >= 15 is 0 Å². The molecule has 1 saturated heterocycles. The summed E-state index contributed by atoms with van der Waals surface area (Å²) in [5.41, 5.74) is -1.29. The van der Waals surface area contributed by atoms with E-state index in [-0.39, 0.29) is 70.7 Å². The molecule has 0 aliphatic carbocycles. The molecule has 0 radical (unpaired) electrons. The Hall–Kier alpha value is -4.34. The van der Waals surface area contributed by atoms with Crippen LogP contribution in [0.25, 0.3) is 22.3 Å². The van der Waals surface area contributed by atoms with Gasteiger partial charge in [-0.05, 0) is 25.0 Å². The highest BCUT2D eigenvalue weighted by molar-refractivity contribution is 6.37. The fourth-order valence-corrected chi connectivity index (χ4v) is 6.68. The van der Waals surface area contributed by atoms with Crippen molar-refractivity contribution < 1.29 is 23.1 Å². The smallest absolute Gasteiger partial charge is 0.272 e. The molecule has 2 aliphatic heterocycles. The predicted octanol–water partition coefficient (Wildman–Crippen LogP) is 6.39. The lowest BCUT2D eigenvalue weighted by Crippen LogP contribution is -2.54. The molecular formula is C32H29Cl2F3N6O3. The van der Waals surface area contributed by atoms with Crippen LogP contribution < -0.4 is 10.5 Å². The van der Waals surface area contributed by atoms with E-state index in [4.69, 9.17) is 23.2 Å². The normalized spacial score (nSPS) is 19.8. The molecule has 1 fully saturated rings. The first-order valence-electron chi connectivity index (χ1n) is 14.4. The SMILES string of the molecule is C=CC(=O)N1CCN(c2c(C#N)c(=O)n(C3C(C(C)C)=NC=CC3C)c3nc(-c4c(O)c(F)c(F)c(F)c4Cl)c(Cl)cc23)C[C@H]1C. The molecule has 0 spiro atoms. The number of rotatable bonds is 5. The van der Waals surface area contributed by atoms with Crippen molar-refractivity contribution in [1.29, 1.82) is 5.26 Å². The number of phenols is 1. The summed E-state index contributed by atoms with van der Waals surface area (Å²) in [6, 6.07) is 2.34. The first-order valence-corrected chi connectivity index (χ1v) is 15.2. The number of fused-ring (bicyclic) bond motifs is 1. The van der Waals surface area contributed by atoms with E-state index in [1.165, 1.54) is 16.7 Å². The Morgan fingerprint density at radius 3 is 2.50 bits per heavy atom. The van der Waals surface area contributed by atoms with E-state index in [1.807, 2.05) is 27.7 Å². The number of nitriles is 1. The lowest BCUT2D eigenvalue weighted by atomic mass is 9.88. The summed E-state index contributed by atoms with van der Waals surface area (Å²) in [4.78, 5) is 39.4. The molecule has 1 amide bonds. The van der Waals surface area contributed by atoms with Gasteiger partial charge in [0.2, 0.25) is 11.7 Å². The summed E-state index contributed by atoms with van der Waals surface area (Å²) in [5.74, 6) is -7.69. The number of halogens is 5. The Morgan fingerprint density at radius 2 is 1.89 bits per heavy atom. The van der Waals surface area contributed by atoms with Crippen molar-refractivity contribution in [2.45, 2.75) is 39.8 Å². The van der Waals surface area contributed by atoms with Crippen LogP contribution >= 0.6 is 23.2 Å². The molecule has 0 saturated carbocycles. The number of hydrogen-bond acceptors (Lipinski definition) is 7. The van der Waals surface area contributed by atoms with Gasteiger partial charge in [-0.2, -0.15) is 9.65 Å². The number of aromatic hydroxyl groups is 1. The predicted molar refractivity (Wildman–Crippen MR) is 171 cm³/mol. The van der Waals surface area contributed by atoms with Crippen LogP contribution in [-0.4, -0.2) is 56.9 Å². The molecule has 46 heavy (non-hydrogen) atoms. The molecule has 3 aromatic rings. The second kappa shape index (κ2) is 12.5. The van der Waals surface area contributed by atoms with Gasteiger partial charge < -0.3 is 14.9 Å². The minimum atomic E-state index is -1.98. The van der Waals surface area contributed by atoms with E-state index in [0.29, 0.717) is 5.71 Å². The molecule has 0 bridgehead atoms. The summed E-state index contributed by atoms with van der Waals surface area (Å²) < 4.78 is 44.7. The standard InChI is InChI=1S/C32H29Cl2F3N6O3/c1-6-20(44)42-10-9-41(13-16(42)5)29-17-11-19(33)27(21-22(34)23(35)24(36)25(37)30(21)45)40-31(17)43(32(46)18(29)12-38)28-15(4)7-8-39-26(28)14(2)3/h6-8,11,14-16,28,45H,1,9-10,13H2,2-5H3/t15?,16-,28?/m1/s1. The number of amides is 1. The molecule has 2 unspecified atom stereocenters. The highest BCUT2D eigenvalue weighted by Crippen LogP contribution is 2.45. The topological polar surface area (TPSA) is 115 Å². The zero-order chi connectivity index (χ0) is 33.8. The average Bonchev–Trinajstić information content (AvgIpc) is 3.02. The third kappa shape index (κ3) is 5.21. The number of hydrogen-bond donors (Lipinski definition) is 1. The number of phenolic OH excluding ortho intramolecular Hbond substituents is 1. The lowest BCUT2D eigenvalue weighted by molar-refractivity contribution is -0.128. The first-order chi connectivity index (χ1) is 21.7. The monoisotopic (exact) mass is 672 g/mol. The van der Waals surface area contributed by atoms with Crippen LogP contribution in [0, 0.1) is 40.6 Å². The van der Waals surface area contributed by atoms with E-state index in [1.54, 1.807) is 22.1 Å². The quantitative estimate of drug-likeness (QED) is 0.191. The van der Waals surface area contributed by atoms with Gasteiger partial charge in [-0.25, -0.2) is 13.8 Å². The van der Waals surface area contributed by atoms with Crippen LogP contribution in [-0.2, 0) is 4.79 Å². The lowest BCUT2D eigenvalue weighted by Gasteiger charge is -2.41. The Bertz CT molecular complexity index is 1940. The number of aliphatic imine (C=N–C) groups is 1.